The van der Waals surface area contributed by atoms with Gasteiger partial charge in [0.2, 0.25) is 0 Å². The maximum Gasteiger partial charge on any atom is 0.0294 e. The van der Waals surface area contributed by atoms with Crippen molar-refractivity contribution in [3.63, 3.8) is 0 Å². The zero-order valence-corrected chi connectivity index (χ0v) is 12.6. The molecule has 0 saturated heterocycles. The molecule has 2 heteroatoms. The second kappa shape index (κ2) is 5.85. The van der Waals surface area contributed by atoms with Gasteiger partial charge >= 0.3 is 0 Å². The van der Waals surface area contributed by atoms with E-state index in [4.69, 9.17) is 5.73 Å². The number of hydrogen-bond acceptors (Lipinski definition) is 2. The minimum atomic E-state index is 0.168. The van der Waals surface area contributed by atoms with Crippen LogP contribution in [0.3, 0.4) is 0 Å². The van der Waals surface area contributed by atoms with Gasteiger partial charge in [-0.3, -0.25) is 0 Å². The van der Waals surface area contributed by atoms with Gasteiger partial charge in [-0.25, -0.2) is 0 Å². The Bertz CT molecular complexity index is 360. The highest BCUT2D eigenvalue weighted by atomic mass is 15.0. The van der Waals surface area contributed by atoms with Crippen molar-refractivity contribution in [2.24, 2.45) is 5.73 Å². The number of rotatable bonds is 4. The monoisotopic (exact) mass is 248 g/mol. The molecule has 3 atom stereocenters. The number of nitrogens with one attached hydrogen (secondary N) is 1. The average molecular weight is 248 g/mol. The molecule has 1 aromatic rings. The van der Waals surface area contributed by atoms with Gasteiger partial charge in [-0.15, -0.1) is 0 Å². The molecule has 3 unspecified atom stereocenters. The van der Waals surface area contributed by atoms with Gasteiger partial charge in [-0.2, -0.15) is 0 Å². The fraction of sp³-hybridized carbons (Fsp3) is 0.625. The van der Waals surface area contributed by atoms with Crippen molar-refractivity contribution in [1.82, 2.24) is 5.32 Å². The van der Waals surface area contributed by atoms with Crippen molar-refractivity contribution in [3.05, 3.63) is 35.4 Å². The molecule has 0 heterocycles. The lowest BCUT2D eigenvalue weighted by molar-refractivity contribution is 0.429. The first-order valence-electron chi connectivity index (χ1n) is 6.84. The van der Waals surface area contributed by atoms with Crippen molar-refractivity contribution in [2.45, 2.75) is 65.1 Å². The Morgan fingerprint density at radius 1 is 1.00 bits per heavy atom. The van der Waals surface area contributed by atoms with Crippen LogP contribution in [0.15, 0.2) is 24.3 Å². The molecule has 0 aliphatic heterocycles. The van der Waals surface area contributed by atoms with E-state index in [1.807, 2.05) is 6.92 Å². The van der Waals surface area contributed by atoms with Crippen LogP contribution in [0.1, 0.15) is 58.7 Å². The normalized spacial score (nSPS) is 17.3. The number of hydrogen-bond donors (Lipinski definition) is 2. The van der Waals surface area contributed by atoms with Crippen LogP contribution in [0.25, 0.3) is 0 Å². The fourth-order valence-corrected chi connectivity index (χ4v) is 1.91. The van der Waals surface area contributed by atoms with Gasteiger partial charge in [-0.1, -0.05) is 45.0 Å². The first-order valence-corrected chi connectivity index (χ1v) is 6.84. The Morgan fingerprint density at radius 2 is 1.50 bits per heavy atom. The van der Waals surface area contributed by atoms with Crippen molar-refractivity contribution >= 4 is 0 Å². The van der Waals surface area contributed by atoms with Gasteiger partial charge in [0.1, 0.15) is 0 Å². The van der Waals surface area contributed by atoms with Gasteiger partial charge < -0.3 is 11.1 Å². The summed E-state index contributed by atoms with van der Waals surface area (Å²) in [6.07, 6.45) is 0. The van der Waals surface area contributed by atoms with E-state index in [0.29, 0.717) is 12.1 Å². The maximum absolute atomic E-state index is 5.88. The minimum absolute atomic E-state index is 0.168. The average Bonchev–Trinajstić information content (AvgIpc) is 2.27. The van der Waals surface area contributed by atoms with Gasteiger partial charge in [0.15, 0.2) is 0 Å². The van der Waals surface area contributed by atoms with Gasteiger partial charge in [0.05, 0.1) is 0 Å². The highest BCUT2D eigenvalue weighted by Gasteiger charge is 2.15. The Hall–Kier alpha value is -0.860. The zero-order valence-electron chi connectivity index (χ0n) is 12.6. The minimum Gasteiger partial charge on any atom is -0.327 e. The Morgan fingerprint density at radius 3 is 1.89 bits per heavy atom. The summed E-state index contributed by atoms with van der Waals surface area (Å²) in [6.45, 7) is 13.1. The van der Waals surface area contributed by atoms with E-state index in [1.54, 1.807) is 0 Å². The van der Waals surface area contributed by atoms with Crippen LogP contribution < -0.4 is 11.1 Å². The molecule has 0 aliphatic carbocycles. The molecule has 0 aliphatic rings. The van der Waals surface area contributed by atoms with Crippen LogP contribution in [0.5, 0.6) is 0 Å². The van der Waals surface area contributed by atoms with E-state index in [9.17, 15) is 0 Å². The summed E-state index contributed by atoms with van der Waals surface area (Å²) in [4.78, 5) is 0. The van der Waals surface area contributed by atoms with Crippen molar-refractivity contribution in [1.29, 1.82) is 0 Å². The second-order valence-electron chi connectivity index (χ2n) is 6.41. The van der Waals surface area contributed by atoms with Crippen LogP contribution in [0.4, 0.5) is 0 Å². The van der Waals surface area contributed by atoms with Crippen LogP contribution in [-0.2, 0) is 5.41 Å². The third-order valence-electron chi connectivity index (χ3n) is 3.58. The quantitative estimate of drug-likeness (QED) is 0.857. The highest BCUT2D eigenvalue weighted by Crippen LogP contribution is 2.24. The molecule has 0 aromatic heterocycles. The topological polar surface area (TPSA) is 38.0 Å². The summed E-state index contributed by atoms with van der Waals surface area (Å²) >= 11 is 0. The fourth-order valence-electron chi connectivity index (χ4n) is 1.91. The lowest BCUT2D eigenvalue weighted by atomic mass is 9.86. The predicted octanol–water partition coefficient (Wildman–Crippen LogP) is 3.37. The van der Waals surface area contributed by atoms with Crippen molar-refractivity contribution in [3.8, 4) is 0 Å². The molecule has 0 bridgehead atoms. The molecule has 1 rings (SSSR count). The molecule has 0 fully saturated rings. The van der Waals surface area contributed by atoms with Crippen LogP contribution in [0, 0.1) is 0 Å². The highest BCUT2D eigenvalue weighted by molar-refractivity contribution is 5.29. The largest absolute Gasteiger partial charge is 0.327 e. The number of nitrogens with two attached hydrogens (primary N) is 1. The van der Waals surface area contributed by atoms with Crippen LogP contribution in [-0.4, -0.2) is 12.1 Å². The van der Waals surface area contributed by atoms with E-state index < -0.39 is 0 Å². The molecule has 102 valence electrons. The van der Waals surface area contributed by atoms with E-state index >= 15 is 0 Å². The smallest absolute Gasteiger partial charge is 0.0294 e. The van der Waals surface area contributed by atoms with E-state index in [-0.39, 0.29) is 11.5 Å². The molecule has 0 radical (unpaired) electrons. The van der Waals surface area contributed by atoms with Gasteiger partial charge in [0.25, 0.3) is 0 Å². The lowest BCUT2D eigenvalue weighted by Crippen LogP contribution is -2.41. The summed E-state index contributed by atoms with van der Waals surface area (Å²) in [5.41, 5.74) is 8.79. The predicted molar refractivity (Wildman–Crippen MR) is 79.8 cm³/mol. The van der Waals surface area contributed by atoms with Crippen molar-refractivity contribution in [2.75, 3.05) is 0 Å². The van der Waals surface area contributed by atoms with Gasteiger partial charge in [-0.05, 0) is 37.3 Å². The summed E-state index contributed by atoms with van der Waals surface area (Å²) in [6, 6.07) is 9.70. The van der Waals surface area contributed by atoms with E-state index in [1.165, 1.54) is 11.1 Å². The number of benzene rings is 1. The van der Waals surface area contributed by atoms with E-state index in [0.717, 1.165) is 0 Å². The standard InChI is InChI=1S/C16H28N2/c1-11(17)12(2)18-13(3)14-7-9-15(10-8-14)16(4,5)6/h7-13,18H,17H2,1-6H3. The lowest BCUT2D eigenvalue weighted by Gasteiger charge is -2.24. The third kappa shape index (κ3) is 4.11. The molecule has 0 spiro atoms. The summed E-state index contributed by atoms with van der Waals surface area (Å²) in [5, 5.41) is 3.53. The Kier molecular flexibility index (Phi) is 4.94. The molecule has 18 heavy (non-hydrogen) atoms. The Labute approximate surface area is 112 Å². The second-order valence-corrected chi connectivity index (χ2v) is 6.41. The molecule has 0 saturated carbocycles. The first kappa shape index (κ1) is 15.2. The first-order chi connectivity index (χ1) is 8.21. The van der Waals surface area contributed by atoms with E-state index in [2.05, 4.69) is 64.2 Å². The molecular formula is C16H28N2. The molecular weight excluding hydrogens is 220 g/mol. The summed E-state index contributed by atoms with van der Waals surface area (Å²) in [5.74, 6) is 0. The van der Waals surface area contributed by atoms with Crippen LogP contribution in [0.2, 0.25) is 0 Å². The van der Waals surface area contributed by atoms with Gasteiger partial charge in [0, 0.05) is 18.1 Å². The Balaban J connectivity index is 2.73. The molecule has 3 N–H and O–H groups in total. The SMILES string of the molecule is CC(NC(C)C(C)N)c1ccc(C(C)(C)C)cc1. The summed E-state index contributed by atoms with van der Waals surface area (Å²) in [7, 11) is 0. The summed E-state index contributed by atoms with van der Waals surface area (Å²) < 4.78 is 0. The molecule has 2 nitrogen and oxygen atoms in total. The molecule has 1 aromatic carbocycles. The van der Waals surface area contributed by atoms with Crippen LogP contribution >= 0.6 is 0 Å². The zero-order chi connectivity index (χ0) is 13.9. The maximum atomic E-state index is 5.88. The third-order valence-corrected chi connectivity index (χ3v) is 3.58. The molecule has 0 amide bonds. The van der Waals surface area contributed by atoms with Crippen molar-refractivity contribution < 1.29 is 0 Å².